The van der Waals surface area contributed by atoms with Crippen molar-refractivity contribution in [3.05, 3.63) is 28.2 Å². The van der Waals surface area contributed by atoms with Crippen molar-refractivity contribution < 1.29 is 9.53 Å². The lowest BCUT2D eigenvalue weighted by Crippen LogP contribution is -2.13. The van der Waals surface area contributed by atoms with E-state index in [1.54, 1.807) is 18.2 Å². The first-order valence-electron chi connectivity index (χ1n) is 5.06. The monoisotopic (exact) mass is 279 g/mol. The van der Waals surface area contributed by atoms with Crippen molar-refractivity contribution >= 4 is 21.7 Å². The van der Waals surface area contributed by atoms with Crippen LogP contribution < -0.4 is 4.74 Å². The molecule has 1 aromatic rings. The van der Waals surface area contributed by atoms with E-state index in [1.807, 2.05) is 6.07 Å². The number of hydrogen-bond acceptors (Lipinski definition) is 3. The zero-order valence-corrected chi connectivity index (χ0v) is 10.2. The van der Waals surface area contributed by atoms with Crippen LogP contribution in [0, 0.1) is 17.2 Å². The van der Waals surface area contributed by atoms with E-state index >= 15 is 0 Å². The molecule has 0 heterocycles. The number of benzene rings is 1. The minimum absolute atomic E-state index is 0.0704. The van der Waals surface area contributed by atoms with Gasteiger partial charge in [-0.05, 0) is 31.0 Å². The Balaban J connectivity index is 2.03. The highest BCUT2D eigenvalue weighted by Gasteiger charge is 2.29. The van der Waals surface area contributed by atoms with Gasteiger partial charge in [0, 0.05) is 10.4 Å². The lowest BCUT2D eigenvalue weighted by molar-refractivity contribution is -0.122. The molecule has 82 valence electrons. The average Bonchev–Trinajstić information content (AvgIpc) is 3.10. The van der Waals surface area contributed by atoms with E-state index in [0.717, 1.165) is 17.3 Å². The summed E-state index contributed by atoms with van der Waals surface area (Å²) in [5.41, 5.74) is 0.443. The highest BCUT2D eigenvalue weighted by Crippen LogP contribution is 2.30. The second kappa shape index (κ2) is 4.67. The van der Waals surface area contributed by atoms with Crippen molar-refractivity contribution in [1.82, 2.24) is 0 Å². The number of nitriles is 1. The van der Waals surface area contributed by atoms with Crippen molar-refractivity contribution in [2.75, 3.05) is 6.61 Å². The topological polar surface area (TPSA) is 50.1 Å². The number of Topliss-reactive ketones (excluding diaryl/α,β-unsaturated/α-hetero) is 1. The number of ketones is 1. The maximum Gasteiger partial charge on any atom is 0.173 e. The van der Waals surface area contributed by atoms with Gasteiger partial charge in [-0.1, -0.05) is 15.9 Å². The van der Waals surface area contributed by atoms with E-state index < -0.39 is 0 Å². The second-order valence-corrected chi connectivity index (χ2v) is 4.70. The van der Waals surface area contributed by atoms with Gasteiger partial charge in [-0.3, -0.25) is 4.79 Å². The van der Waals surface area contributed by atoms with Crippen LogP contribution in [0.5, 0.6) is 5.75 Å². The first-order chi connectivity index (χ1) is 7.70. The van der Waals surface area contributed by atoms with E-state index in [1.165, 1.54) is 0 Å². The summed E-state index contributed by atoms with van der Waals surface area (Å²) in [6.07, 6.45) is 1.96. The lowest BCUT2D eigenvalue weighted by atomic mass is 10.2. The molecular weight excluding hydrogens is 270 g/mol. The Labute approximate surface area is 102 Å². The highest BCUT2D eigenvalue weighted by molar-refractivity contribution is 9.10. The largest absolute Gasteiger partial charge is 0.484 e. The summed E-state index contributed by atoms with van der Waals surface area (Å²) in [4.78, 5) is 11.4. The molecule has 0 bridgehead atoms. The first kappa shape index (κ1) is 11.2. The minimum atomic E-state index is 0.0704. The van der Waals surface area contributed by atoms with Gasteiger partial charge in [0.05, 0.1) is 5.56 Å². The molecule has 16 heavy (non-hydrogen) atoms. The van der Waals surface area contributed by atoms with E-state index in [-0.39, 0.29) is 18.3 Å². The van der Waals surface area contributed by atoms with Crippen LogP contribution >= 0.6 is 15.9 Å². The number of nitrogens with zero attached hydrogens (tertiary/aromatic N) is 1. The number of ether oxygens (including phenoxy) is 1. The molecule has 0 unspecified atom stereocenters. The van der Waals surface area contributed by atoms with E-state index in [0.29, 0.717) is 11.3 Å². The second-order valence-electron chi connectivity index (χ2n) is 3.78. The molecule has 1 fully saturated rings. The van der Waals surface area contributed by atoms with Gasteiger partial charge in [0.1, 0.15) is 18.4 Å². The van der Waals surface area contributed by atoms with Gasteiger partial charge >= 0.3 is 0 Å². The third kappa shape index (κ3) is 2.61. The molecule has 1 aromatic carbocycles. The van der Waals surface area contributed by atoms with Crippen LogP contribution in [-0.4, -0.2) is 12.4 Å². The summed E-state index contributed by atoms with van der Waals surface area (Å²) in [7, 11) is 0. The molecule has 0 aromatic heterocycles. The average molecular weight is 280 g/mol. The SMILES string of the molecule is N#Cc1cc(Br)ccc1OCC(=O)C1CC1. The van der Waals surface area contributed by atoms with Crippen molar-refractivity contribution in [3.63, 3.8) is 0 Å². The standard InChI is InChI=1S/C12H10BrNO2/c13-10-3-4-12(9(5-10)6-14)16-7-11(15)8-1-2-8/h3-5,8H,1-2,7H2. The van der Waals surface area contributed by atoms with Gasteiger partial charge < -0.3 is 4.74 Å². The predicted octanol–water partition coefficient (Wildman–Crippen LogP) is 2.68. The number of carbonyl (C=O) groups is 1. The molecule has 0 aliphatic heterocycles. The number of halogens is 1. The smallest absolute Gasteiger partial charge is 0.173 e. The molecule has 0 saturated heterocycles. The Morgan fingerprint density at radius 2 is 2.31 bits per heavy atom. The predicted molar refractivity (Wildman–Crippen MR) is 62.1 cm³/mol. The Morgan fingerprint density at radius 1 is 1.56 bits per heavy atom. The summed E-state index contributed by atoms with van der Waals surface area (Å²) in [6, 6.07) is 7.20. The number of rotatable bonds is 4. The Kier molecular flexibility index (Phi) is 3.25. The fourth-order valence-electron chi connectivity index (χ4n) is 1.39. The van der Waals surface area contributed by atoms with E-state index in [4.69, 9.17) is 10.00 Å². The minimum Gasteiger partial charge on any atom is -0.484 e. The number of carbonyl (C=O) groups excluding carboxylic acids is 1. The van der Waals surface area contributed by atoms with Crippen LogP contribution in [0.2, 0.25) is 0 Å². The van der Waals surface area contributed by atoms with Crippen molar-refractivity contribution in [3.8, 4) is 11.8 Å². The summed E-state index contributed by atoms with van der Waals surface area (Å²) >= 11 is 3.28. The molecular formula is C12H10BrNO2. The first-order valence-corrected chi connectivity index (χ1v) is 5.85. The normalized spacial score (nSPS) is 14.2. The molecule has 4 heteroatoms. The van der Waals surface area contributed by atoms with Crippen LogP contribution in [0.25, 0.3) is 0 Å². The molecule has 1 saturated carbocycles. The third-order valence-corrected chi connectivity index (χ3v) is 2.96. The van der Waals surface area contributed by atoms with Crippen molar-refractivity contribution in [1.29, 1.82) is 5.26 Å². The summed E-state index contributed by atoms with van der Waals surface area (Å²) < 4.78 is 6.18. The molecule has 1 aliphatic carbocycles. The van der Waals surface area contributed by atoms with Gasteiger partial charge in [0.2, 0.25) is 0 Å². The zero-order valence-electron chi connectivity index (χ0n) is 8.57. The van der Waals surface area contributed by atoms with Gasteiger partial charge in [0.15, 0.2) is 5.78 Å². The summed E-state index contributed by atoms with van der Waals surface area (Å²) in [6.45, 7) is 0.0704. The summed E-state index contributed by atoms with van der Waals surface area (Å²) in [5.74, 6) is 0.799. The number of hydrogen-bond donors (Lipinski definition) is 0. The third-order valence-electron chi connectivity index (χ3n) is 2.46. The van der Waals surface area contributed by atoms with E-state index in [9.17, 15) is 4.79 Å². The molecule has 0 atom stereocenters. The molecule has 0 radical (unpaired) electrons. The Hall–Kier alpha value is -1.34. The zero-order chi connectivity index (χ0) is 11.5. The van der Waals surface area contributed by atoms with Crippen LogP contribution in [0.15, 0.2) is 22.7 Å². The quantitative estimate of drug-likeness (QED) is 0.852. The Bertz CT molecular complexity index is 461. The van der Waals surface area contributed by atoms with Crippen LogP contribution in [0.1, 0.15) is 18.4 Å². The lowest BCUT2D eigenvalue weighted by Gasteiger charge is -2.06. The molecule has 3 nitrogen and oxygen atoms in total. The fourth-order valence-corrected chi connectivity index (χ4v) is 1.75. The summed E-state index contributed by atoms with van der Waals surface area (Å²) in [5, 5.41) is 8.89. The maximum absolute atomic E-state index is 11.4. The van der Waals surface area contributed by atoms with Crippen molar-refractivity contribution in [2.24, 2.45) is 5.92 Å². The van der Waals surface area contributed by atoms with Gasteiger partial charge in [-0.15, -0.1) is 0 Å². The van der Waals surface area contributed by atoms with Gasteiger partial charge in [0.25, 0.3) is 0 Å². The van der Waals surface area contributed by atoms with Gasteiger partial charge in [-0.2, -0.15) is 5.26 Å². The molecule has 0 spiro atoms. The van der Waals surface area contributed by atoms with Crippen LogP contribution in [0.3, 0.4) is 0 Å². The van der Waals surface area contributed by atoms with Crippen LogP contribution in [-0.2, 0) is 4.79 Å². The van der Waals surface area contributed by atoms with Crippen molar-refractivity contribution in [2.45, 2.75) is 12.8 Å². The maximum atomic E-state index is 11.4. The fraction of sp³-hybridized carbons (Fsp3) is 0.333. The molecule has 1 aliphatic rings. The molecule has 0 amide bonds. The Morgan fingerprint density at radius 3 is 2.94 bits per heavy atom. The van der Waals surface area contributed by atoms with E-state index in [2.05, 4.69) is 15.9 Å². The molecule has 0 N–H and O–H groups in total. The molecule has 2 rings (SSSR count). The van der Waals surface area contributed by atoms with Crippen LogP contribution in [0.4, 0.5) is 0 Å². The van der Waals surface area contributed by atoms with Gasteiger partial charge in [-0.25, -0.2) is 0 Å². The highest BCUT2D eigenvalue weighted by atomic mass is 79.9.